The van der Waals surface area contributed by atoms with E-state index < -0.39 is 17.8 Å². The Morgan fingerprint density at radius 1 is 0.690 bits per heavy atom. The van der Waals surface area contributed by atoms with E-state index in [4.69, 9.17) is 4.74 Å². The van der Waals surface area contributed by atoms with Gasteiger partial charge in [0.1, 0.15) is 5.60 Å². The number of ether oxygens (including phenoxy) is 1. The number of aliphatic hydroxyl groups excluding tert-OH is 1. The number of rotatable bonds is 13. The van der Waals surface area contributed by atoms with Crippen LogP contribution in [0.2, 0.25) is 0 Å². The number of hydrogen-bond acceptors (Lipinski definition) is 4. The predicted molar refractivity (Wildman–Crippen MR) is 170 cm³/mol. The molecule has 42 heavy (non-hydrogen) atoms. The molecule has 0 aliphatic rings. The first-order valence-electron chi connectivity index (χ1n) is 14.8. The van der Waals surface area contributed by atoms with Gasteiger partial charge in [-0.05, 0) is 62.3 Å². The van der Waals surface area contributed by atoms with Crippen molar-refractivity contribution in [1.29, 1.82) is 0 Å². The van der Waals surface area contributed by atoms with Gasteiger partial charge in [0.15, 0.2) is 0 Å². The lowest BCUT2D eigenvalue weighted by atomic mass is 9.92. The molecule has 0 aromatic heterocycles. The minimum Gasteiger partial charge on any atom is -0.444 e. The van der Waals surface area contributed by atoms with Gasteiger partial charge < -0.3 is 15.2 Å². The summed E-state index contributed by atoms with van der Waals surface area (Å²) < 4.78 is 5.61. The largest absolute Gasteiger partial charge is 0.444 e. The van der Waals surface area contributed by atoms with E-state index in [1.165, 1.54) is 11.1 Å². The first-order valence-corrected chi connectivity index (χ1v) is 14.8. The van der Waals surface area contributed by atoms with Gasteiger partial charge in [0.05, 0.1) is 6.10 Å². The SMILES string of the molecule is CC(C)(C)OC(=O)N[C@@H](Cc1ccccc1)CC(O)[C@H](Cc1ccccc1)N(Cc1ccccc1)Cc1ccccc1. The molecule has 0 saturated heterocycles. The summed E-state index contributed by atoms with van der Waals surface area (Å²) in [6.07, 6.45) is 0.451. The molecule has 220 valence electrons. The number of alkyl carbamates (subject to hydrolysis) is 1. The number of amides is 1. The second-order valence-electron chi connectivity index (χ2n) is 12.0. The molecule has 0 spiro atoms. The van der Waals surface area contributed by atoms with Crippen molar-refractivity contribution in [2.75, 3.05) is 0 Å². The predicted octanol–water partition coefficient (Wildman–Crippen LogP) is 7.19. The lowest BCUT2D eigenvalue weighted by molar-refractivity contribution is 0.0234. The molecule has 4 rings (SSSR count). The van der Waals surface area contributed by atoms with E-state index in [0.717, 1.165) is 11.1 Å². The molecule has 4 aromatic rings. The van der Waals surface area contributed by atoms with Gasteiger partial charge in [0.2, 0.25) is 0 Å². The Morgan fingerprint density at radius 3 is 1.52 bits per heavy atom. The molecule has 0 radical (unpaired) electrons. The fourth-order valence-corrected chi connectivity index (χ4v) is 5.31. The van der Waals surface area contributed by atoms with Gasteiger partial charge in [-0.25, -0.2) is 4.79 Å². The summed E-state index contributed by atoms with van der Waals surface area (Å²) in [6.45, 7) is 6.94. The number of hydrogen-bond donors (Lipinski definition) is 2. The van der Waals surface area contributed by atoms with Crippen LogP contribution < -0.4 is 5.32 Å². The van der Waals surface area contributed by atoms with Crippen molar-refractivity contribution in [3.63, 3.8) is 0 Å². The molecular weight excluding hydrogens is 520 g/mol. The fraction of sp³-hybridized carbons (Fsp3) is 0.324. The Kier molecular flexibility index (Phi) is 11.3. The average Bonchev–Trinajstić information content (AvgIpc) is 2.96. The number of carbonyl (C=O) groups is 1. The number of nitrogens with zero attached hydrogens (tertiary/aromatic N) is 1. The molecule has 0 aliphatic heterocycles. The Morgan fingerprint density at radius 2 is 1.10 bits per heavy atom. The smallest absolute Gasteiger partial charge is 0.407 e. The van der Waals surface area contributed by atoms with Gasteiger partial charge >= 0.3 is 6.09 Å². The van der Waals surface area contributed by atoms with Crippen LogP contribution in [0.15, 0.2) is 121 Å². The third kappa shape index (κ3) is 10.5. The van der Waals surface area contributed by atoms with E-state index in [1.54, 1.807) is 0 Å². The Labute approximate surface area is 251 Å². The second kappa shape index (κ2) is 15.3. The van der Waals surface area contributed by atoms with Crippen molar-refractivity contribution >= 4 is 6.09 Å². The minimum atomic E-state index is -0.721. The zero-order valence-electron chi connectivity index (χ0n) is 25.0. The van der Waals surface area contributed by atoms with Crippen molar-refractivity contribution in [3.8, 4) is 0 Å². The molecule has 0 heterocycles. The molecule has 0 aliphatic carbocycles. The third-order valence-corrected chi connectivity index (χ3v) is 7.23. The standard InChI is InChI=1S/C37H44N2O3/c1-37(2,3)42-36(41)38-33(24-29-16-8-4-9-17-29)26-35(40)34(25-30-18-10-5-11-19-30)39(27-31-20-12-6-13-21-31)28-32-22-14-7-15-23-32/h4-23,33-35,40H,24-28H2,1-3H3,(H,38,41)/t33-,34-,35?/m0/s1. The van der Waals surface area contributed by atoms with Crippen molar-refractivity contribution in [3.05, 3.63) is 144 Å². The quantitative estimate of drug-likeness (QED) is 0.180. The minimum absolute atomic E-state index is 0.202. The van der Waals surface area contributed by atoms with Crippen molar-refractivity contribution in [2.24, 2.45) is 0 Å². The topological polar surface area (TPSA) is 61.8 Å². The molecule has 1 unspecified atom stereocenters. The van der Waals surface area contributed by atoms with Crippen LogP contribution in [0.3, 0.4) is 0 Å². The summed E-state index contributed by atoms with van der Waals surface area (Å²) >= 11 is 0. The van der Waals surface area contributed by atoms with Crippen LogP contribution >= 0.6 is 0 Å². The Hall–Kier alpha value is -3.93. The Balaban J connectivity index is 1.64. The molecule has 0 fully saturated rings. The van der Waals surface area contributed by atoms with Gasteiger partial charge in [0, 0.05) is 25.2 Å². The molecule has 2 N–H and O–H groups in total. The highest BCUT2D eigenvalue weighted by atomic mass is 16.6. The van der Waals surface area contributed by atoms with E-state index in [-0.39, 0.29) is 12.1 Å². The zero-order chi connectivity index (χ0) is 29.8. The lowest BCUT2D eigenvalue weighted by Crippen LogP contribution is -2.49. The number of benzene rings is 4. The number of nitrogens with one attached hydrogen (secondary N) is 1. The summed E-state index contributed by atoms with van der Waals surface area (Å²) in [5, 5.41) is 15.1. The molecular formula is C37H44N2O3. The lowest BCUT2D eigenvalue weighted by Gasteiger charge is -2.37. The summed E-state index contributed by atoms with van der Waals surface area (Å²) in [5.41, 5.74) is 4.01. The summed E-state index contributed by atoms with van der Waals surface area (Å²) in [6, 6.07) is 40.7. The van der Waals surface area contributed by atoms with E-state index in [0.29, 0.717) is 32.4 Å². The maximum atomic E-state index is 12.9. The molecule has 5 nitrogen and oxygen atoms in total. The second-order valence-corrected chi connectivity index (χ2v) is 12.0. The monoisotopic (exact) mass is 564 g/mol. The maximum Gasteiger partial charge on any atom is 0.407 e. The first-order chi connectivity index (χ1) is 20.2. The first kappa shape index (κ1) is 31.0. The van der Waals surface area contributed by atoms with E-state index in [9.17, 15) is 9.90 Å². The fourth-order valence-electron chi connectivity index (χ4n) is 5.31. The normalized spacial score (nSPS) is 13.7. The van der Waals surface area contributed by atoms with Crippen LogP contribution in [0.1, 0.15) is 49.4 Å². The van der Waals surface area contributed by atoms with Gasteiger partial charge in [-0.2, -0.15) is 0 Å². The van der Waals surface area contributed by atoms with E-state index in [2.05, 4.69) is 83.0 Å². The summed E-state index contributed by atoms with van der Waals surface area (Å²) in [5.74, 6) is 0. The molecule has 4 aromatic carbocycles. The molecule has 3 atom stereocenters. The average molecular weight is 565 g/mol. The van der Waals surface area contributed by atoms with Crippen LogP contribution in [-0.2, 0) is 30.7 Å². The van der Waals surface area contributed by atoms with Gasteiger partial charge in [-0.3, -0.25) is 4.90 Å². The molecule has 0 bridgehead atoms. The van der Waals surface area contributed by atoms with Crippen LogP contribution in [-0.4, -0.2) is 39.9 Å². The van der Waals surface area contributed by atoms with Crippen LogP contribution in [0.5, 0.6) is 0 Å². The number of carbonyl (C=O) groups excluding carboxylic acids is 1. The van der Waals surface area contributed by atoms with Crippen LogP contribution in [0, 0.1) is 0 Å². The van der Waals surface area contributed by atoms with Gasteiger partial charge in [-0.1, -0.05) is 121 Å². The van der Waals surface area contributed by atoms with Gasteiger partial charge in [0.25, 0.3) is 0 Å². The van der Waals surface area contributed by atoms with Gasteiger partial charge in [-0.15, -0.1) is 0 Å². The summed E-state index contributed by atoms with van der Waals surface area (Å²) in [7, 11) is 0. The summed E-state index contributed by atoms with van der Waals surface area (Å²) in [4.78, 5) is 15.3. The molecule has 1 amide bonds. The third-order valence-electron chi connectivity index (χ3n) is 7.23. The highest BCUT2D eigenvalue weighted by molar-refractivity contribution is 5.68. The van der Waals surface area contributed by atoms with Crippen LogP contribution in [0.4, 0.5) is 4.79 Å². The highest BCUT2D eigenvalue weighted by Gasteiger charge is 2.30. The van der Waals surface area contributed by atoms with Crippen LogP contribution in [0.25, 0.3) is 0 Å². The molecule has 0 saturated carbocycles. The number of aliphatic hydroxyl groups is 1. The van der Waals surface area contributed by atoms with Crippen molar-refractivity contribution < 1.29 is 14.6 Å². The Bertz CT molecular complexity index is 1280. The zero-order valence-corrected chi connectivity index (χ0v) is 25.0. The van der Waals surface area contributed by atoms with Crippen molar-refractivity contribution in [1.82, 2.24) is 10.2 Å². The van der Waals surface area contributed by atoms with Crippen molar-refractivity contribution in [2.45, 2.75) is 76.9 Å². The highest BCUT2D eigenvalue weighted by Crippen LogP contribution is 2.23. The van der Waals surface area contributed by atoms with E-state index in [1.807, 2.05) is 69.3 Å². The molecule has 5 heteroatoms. The van der Waals surface area contributed by atoms with E-state index >= 15 is 0 Å². The maximum absolute atomic E-state index is 12.9.